The van der Waals surface area contributed by atoms with Crippen LogP contribution in [0.1, 0.15) is 20.8 Å². The molecule has 5 heteroatoms. The Bertz CT molecular complexity index is 400. The molecule has 0 radical (unpaired) electrons. The number of ether oxygens (including phenoxy) is 2. The van der Waals surface area contributed by atoms with E-state index in [9.17, 15) is 4.79 Å². The van der Waals surface area contributed by atoms with Crippen molar-refractivity contribution in [3.8, 4) is 11.5 Å². The Morgan fingerprint density at radius 3 is 2.21 bits per heavy atom. The summed E-state index contributed by atoms with van der Waals surface area (Å²) in [6.45, 7) is 5.79. The standard InChI is InChI=1S/C14H21NO4/c1-4-18-11-5-7-12(8-6-11)19-9-13(17)15-14(2,3)10-16/h5-8,16H,4,9-10H2,1-3H3,(H,15,17). The molecule has 1 aromatic rings. The van der Waals surface area contributed by atoms with Crippen molar-refractivity contribution >= 4 is 5.91 Å². The molecule has 2 N–H and O–H groups in total. The number of aliphatic hydroxyl groups is 1. The third-order valence-corrected chi connectivity index (χ3v) is 2.38. The van der Waals surface area contributed by atoms with E-state index in [1.807, 2.05) is 6.92 Å². The van der Waals surface area contributed by atoms with Crippen LogP contribution in [0.3, 0.4) is 0 Å². The minimum absolute atomic E-state index is 0.0859. The van der Waals surface area contributed by atoms with Gasteiger partial charge >= 0.3 is 0 Å². The highest BCUT2D eigenvalue weighted by atomic mass is 16.5. The van der Waals surface area contributed by atoms with E-state index in [1.54, 1.807) is 38.1 Å². The molecule has 5 nitrogen and oxygen atoms in total. The Labute approximate surface area is 113 Å². The molecule has 0 bridgehead atoms. The molecule has 0 saturated carbocycles. The summed E-state index contributed by atoms with van der Waals surface area (Å²) in [6, 6.07) is 7.06. The van der Waals surface area contributed by atoms with Crippen molar-refractivity contribution in [1.82, 2.24) is 5.32 Å². The van der Waals surface area contributed by atoms with Gasteiger partial charge in [0.25, 0.3) is 5.91 Å². The maximum Gasteiger partial charge on any atom is 0.258 e. The summed E-state index contributed by atoms with van der Waals surface area (Å²) >= 11 is 0. The number of nitrogens with one attached hydrogen (secondary N) is 1. The summed E-state index contributed by atoms with van der Waals surface area (Å²) < 4.78 is 10.6. The molecule has 0 saturated heterocycles. The number of carbonyl (C=O) groups excluding carboxylic acids is 1. The van der Waals surface area contributed by atoms with Gasteiger partial charge in [-0.3, -0.25) is 4.79 Å². The average molecular weight is 267 g/mol. The van der Waals surface area contributed by atoms with Crippen molar-refractivity contribution < 1.29 is 19.4 Å². The first-order valence-electron chi connectivity index (χ1n) is 6.24. The van der Waals surface area contributed by atoms with Crippen LogP contribution in [0.4, 0.5) is 0 Å². The Hall–Kier alpha value is -1.75. The zero-order chi connectivity index (χ0) is 14.3. The second kappa shape index (κ2) is 6.99. The smallest absolute Gasteiger partial charge is 0.258 e. The van der Waals surface area contributed by atoms with E-state index in [4.69, 9.17) is 14.6 Å². The third-order valence-electron chi connectivity index (χ3n) is 2.38. The van der Waals surface area contributed by atoms with E-state index in [1.165, 1.54) is 0 Å². The zero-order valence-electron chi connectivity index (χ0n) is 11.6. The summed E-state index contributed by atoms with van der Waals surface area (Å²) in [5.41, 5.74) is -0.640. The average Bonchev–Trinajstić information content (AvgIpc) is 2.38. The monoisotopic (exact) mass is 267 g/mol. The number of aliphatic hydroxyl groups excluding tert-OH is 1. The fourth-order valence-electron chi connectivity index (χ4n) is 1.40. The van der Waals surface area contributed by atoms with Gasteiger partial charge in [-0.1, -0.05) is 0 Å². The van der Waals surface area contributed by atoms with Gasteiger partial charge in [0.15, 0.2) is 6.61 Å². The first-order valence-corrected chi connectivity index (χ1v) is 6.24. The van der Waals surface area contributed by atoms with Crippen LogP contribution in [0.25, 0.3) is 0 Å². The van der Waals surface area contributed by atoms with E-state index >= 15 is 0 Å². The second-order valence-corrected chi connectivity index (χ2v) is 4.78. The lowest BCUT2D eigenvalue weighted by atomic mass is 10.1. The molecular formula is C14H21NO4. The predicted molar refractivity (Wildman–Crippen MR) is 72.4 cm³/mol. The molecule has 0 aliphatic heterocycles. The van der Waals surface area contributed by atoms with E-state index < -0.39 is 5.54 Å². The van der Waals surface area contributed by atoms with Gasteiger partial charge in [-0.15, -0.1) is 0 Å². The van der Waals surface area contributed by atoms with Gasteiger partial charge in [0.05, 0.1) is 18.8 Å². The largest absolute Gasteiger partial charge is 0.494 e. The molecule has 19 heavy (non-hydrogen) atoms. The quantitative estimate of drug-likeness (QED) is 0.782. The third kappa shape index (κ3) is 5.61. The van der Waals surface area contributed by atoms with E-state index in [2.05, 4.69) is 5.32 Å². The van der Waals surface area contributed by atoms with Crippen LogP contribution in [-0.4, -0.2) is 36.4 Å². The van der Waals surface area contributed by atoms with Gasteiger partial charge in [0, 0.05) is 0 Å². The maximum absolute atomic E-state index is 11.6. The molecule has 1 aromatic carbocycles. The Morgan fingerprint density at radius 2 is 1.74 bits per heavy atom. The maximum atomic E-state index is 11.6. The molecule has 0 heterocycles. The van der Waals surface area contributed by atoms with Gasteiger partial charge in [-0.2, -0.15) is 0 Å². The Kier molecular flexibility index (Phi) is 5.63. The van der Waals surface area contributed by atoms with Crippen molar-refractivity contribution in [3.63, 3.8) is 0 Å². The lowest BCUT2D eigenvalue weighted by Crippen LogP contribution is -2.48. The lowest BCUT2D eigenvalue weighted by Gasteiger charge is -2.23. The molecule has 0 aromatic heterocycles. The molecule has 106 valence electrons. The first kappa shape index (κ1) is 15.3. The van der Waals surface area contributed by atoms with Gasteiger partial charge in [-0.05, 0) is 45.0 Å². The van der Waals surface area contributed by atoms with Gasteiger partial charge in [-0.25, -0.2) is 0 Å². The Balaban J connectivity index is 2.42. The van der Waals surface area contributed by atoms with Crippen LogP contribution < -0.4 is 14.8 Å². The number of benzene rings is 1. The number of amides is 1. The van der Waals surface area contributed by atoms with E-state index in [0.29, 0.717) is 12.4 Å². The highest BCUT2D eigenvalue weighted by molar-refractivity contribution is 5.78. The van der Waals surface area contributed by atoms with Gasteiger partial charge in [0.2, 0.25) is 0 Å². The number of carbonyl (C=O) groups is 1. The van der Waals surface area contributed by atoms with Gasteiger partial charge in [0.1, 0.15) is 11.5 Å². The highest BCUT2D eigenvalue weighted by Crippen LogP contribution is 2.17. The lowest BCUT2D eigenvalue weighted by molar-refractivity contribution is -0.125. The summed E-state index contributed by atoms with van der Waals surface area (Å²) in [6.07, 6.45) is 0. The molecular weight excluding hydrogens is 246 g/mol. The van der Waals surface area contributed by atoms with Crippen molar-refractivity contribution in [2.24, 2.45) is 0 Å². The van der Waals surface area contributed by atoms with E-state index in [0.717, 1.165) is 5.75 Å². The molecule has 0 unspecified atom stereocenters. The first-order chi connectivity index (χ1) is 8.96. The summed E-state index contributed by atoms with van der Waals surface area (Å²) in [5.74, 6) is 1.09. The summed E-state index contributed by atoms with van der Waals surface area (Å²) in [7, 11) is 0. The van der Waals surface area contributed by atoms with Crippen LogP contribution in [0, 0.1) is 0 Å². The molecule has 0 aliphatic carbocycles. The van der Waals surface area contributed by atoms with Crippen molar-refractivity contribution in [2.45, 2.75) is 26.3 Å². The molecule has 0 aliphatic rings. The molecule has 1 rings (SSSR count). The number of hydrogen-bond acceptors (Lipinski definition) is 4. The summed E-state index contributed by atoms with van der Waals surface area (Å²) in [4.78, 5) is 11.6. The zero-order valence-corrected chi connectivity index (χ0v) is 11.6. The van der Waals surface area contributed by atoms with Crippen LogP contribution in [0.5, 0.6) is 11.5 Å². The van der Waals surface area contributed by atoms with Crippen LogP contribution in [0.15, 0.2) is 24.3 Å². The summed E-state index contributed by atoms with van der Waals surface area (Å²) in [5, 5.41) is 11.7. The Morgan fingerprint density at radius 1 is 1.21 bits per heavy atom. The van der Waals surface area contributed by atoms with Gasteiger partial charge < -0.3 is 19.9 Å². The highest BCUT2D eigenvalue weighted by Gasteiger charge is 2.19. The second-order valence-electron chi connectivity index (χ2n) is 4.78. The molecule has 1 amide bonds. The van der Waals surface area contributed by atoms with Crippen LogP contribution in [-0.2, 0) is 4.79 Å². The van der Waals surface area contributed by atoms with Crippen LogP contribution in [0.2, 0.25) is 0 Å². The minimum Gasteiger partial charge on any atom is -0.494 e. The molecule has 0 atom stereocenters. The predicted octanol–water partition coefficient (Wildman–Crippen LogP) is 1.35. The number of hydrogen-bond donors (Lipinski definition) is 2. The number of rotatable bonds is 7. The van der Waals surface area contributed by atoms with Crippen molar-refractivity contribution in [2.75, 3.05) is 19.8 Å². The normalized spacial score (nSPS) is 10.9. The molecule has 0 fully saturated rings. The minimum atomic E-state index is -0.640. The fraction of sp³-hybridized carbons (Fsp3) is 0.500. The molecule has 0 spiro atoms. The van der Waals surface area contributed by atoms with Crippen LogP contribution >= 0.6 is 0 Å². The fourth-order valence-corrected chi connectivity index (χ4v) is 1.40. The van der Waals surface area contributed by atoms with E-state index in [-0.39, 0.29) is 19.1 Å². The SMILES string of the molecule is CCOc1ccc(OCC(=O)NC(C)(C)CO)cc1. The van der Waals surface area contributed by atoms with Crippen molar-refractivity contribution in [3.05, 3.63) is 24.3 Å². The topological polar surface area (TPSA) is 67.8 Å². The van der Waals surface area contributed by atoms with Crippen molar-refractivity contribution in [1.29, 1.82) is 0 Å².